The van der Waals surface area contributed by atoms with Crippen LogP contribution in [0.2, 0.25) is 10.0 Å². The average Bonchev–Trinajstić information content (AvgIpc) is 3.69. The van der Waals surface area contributed by atoms with E-state index >= 15 is 0 Å². The highest BCUT2D eigenvalue weighted by molar-refractivity contribution is 6.35. The summed E-state index contributed by atoms with van der Waals surface area (Å²) in [7, 11) is 2.59. The number of morpholine rings is 2. The van der Waals surface area contributed by atoms with Crippen LogP contribution in [0, 0.1) is 10.1 Å². The fraction of sp³-hybridized carbons (Fsp3) is 0.283. The minimum absolute atomic E-state index is 0.129. The molecule has 0 saturated carbocycles. The molecule has 1 N–H and O–H groups in total. The van der Waals surface area contributed by atoms with Crippen LogP contribution < -0.4 is 15.1 Å². The lowest BCUT2D eigenvalue weighted by Crippen LogP contribution is -2.36. The first-order chi connectivity index (χ1) is 31.1. The number of carbonyl (C=O) groups excluding carboxylic acids is 2. The Morgan fingerprint density at radius 1 is 0.750 bits per heavy atom. The van der Waals surface area contributed by atoms with Crippen molar-refractivity contribution in [2.45, 2.75) is 19.8 Å². The van der Waals surface area contributed by atoms with Gasteiger partial charge in [0.2, 0.25) is 0 Å². The predicted octanol–water partition coefficient (Wildman–Crippen LogP) is 8.97. The van der Waals surface area contributed by atoms with Gasteiger partial charge in [0.1, 0.15) is 22.6 Å². The third-order valence-corrected chi connectivity index (χ3v) is 11.7. The van der Waals surface area contributed by atoms with Gasteiger partial charge in [0.25, 0.3) is 0 Å². The van der Waals surface area contributed by atoms with Gasteiger partial charge in [-0.3, -0.25) is 24.6 Å². The zero-order valence-electron chi connectivity index (χ0n) is 35.3. The maximum absolute atomic E-state index is 12.8. The highest BCUT2D eigenvalue weighted by Gasteiger charge is 2.29. The zero-order chi connectivity index (χ0) is 44.9. The van der Waals surface area contributed by atoms with Crippen LogP contribution in [0.5, 0.6) is 0 Å². The number of para-hydroxylation sites is 2. The second-order valence-corrected chi connectivity index (χ2v) is 15.7. The molecule has 18 heteroatoms. The van der Waals surface area contributed by atoms with Crippen molar-refractivity contribution in [1.82, 2.24) is 19.5 Å². The fourth-order valence-electron chi connectivity index (χ4n) is 8.04. The summed E-state index contributed by atoms with van der Waals surface area (Å²) in [5, 5.41) is 17.8. The lowest BCUT2D eigenvalue weighted by atomic mass is 10.1. The van der Waals surface area contributed by atoms with Crippen LogP contribution in [0.4, 0.5) is 28.4 Å². The Balaban J connectivity index is 0.000000175. The zero-order valence-corrected chi connectivity index (χ0v) is 36.8. The van der Waals surface area contributed by atoms with Gasteiger partial charge in [0, 0.05) is 72.8 Å². The van der Waals surface area contributed by atoms with E-state index in [0.29, 0.717) is 82.9 Å². The summed E-state index contributed by atoms with van der Waals surface area (Å²) in [5.41, 5.74) is 6.04. The Labute approximate surface area is 377 Å². The number of aromatic nitrogens is 4. The second kappa shape index (κ2) is 19.4. The number of aryl methyl sites for hydroxylation is 1. The molecule has 2 saturated heterocycles. The number of fused-ring (bicyclic) bond motifs is 3. The lowest BCUT2D eigenvalue weighted by Gasteiger charge is -2.29. The monoisotopic (exact) mass is 906 g/mol. The molecule has 7 aromatic rings. The van der Waals surface area contributed by atoms with Gasteiger partial charge in [-0.05, 0) is 55.0 Å². The molecule has 3 aromatic heterocycles. The molecule has 0 spiro atoms. The molecule has 0 unspecified atom stereocenters. The maximum atomic E-state index is 12.8. The van der Waals surface area contributed by atoms with E-state index in [-0.39, 0.29) is 16.9 Å². The molecule has 2 aliphatic heterocycles. The van der Waals surface area contributed by atoms with Crippen molar-refractivity contribution < 1.29 is 33.5 Å². The van der Waals surface area contributed by atoms with Crippen molar-refractivity contribution in [2.75, 3.05) is 81.9 Å². The molecular weight excluding hydrogens is 863 g/mol. The number of nitrogens with zero attached hydrogens (tertiary/aromatic N) is 7. The number of anilines is 4. The van der Waals surface area contributed by atoms with Crippen molar-refractivity contribution in [3.8, 4) is 5.69 Å². The molecule has 0 radical (unpaired) electrons. The molecule has 2 fully saturated rings. The number of ether oxygens (including phenoxy) is 4. The molecule has 16 nitrogen and oxygen atoms in total. The standard InChI is InChI=1S/C25H25ClN4O3.C21H19ClN4O5/c1-3-5-22-28-24-18(25(31)32-2)14-16(29-10-12-33-13-11-29)15-21(24)30(22)20-8-9-27-23-17(20)6-4-7-19(23)26;1-30-21(27)15-11-13(25-7-9-31-10-8-25)12-18(20(15)26(28)29)24-17-5-6-23-19-14(17)3-2-4-16(19)22/h4,6-9,14-15H,3,5,10-13H2,1-2H3;2-6,11-12H,7-10H2,1H3,(H,23,24). The quantitative estimate of drug-likeness (QED) is 0.0782. The van der Waals surface area contributed by atoms with Gasteiger partial charge >= 0.3 is 17.6 Å². The van der Waals surface area contributed by atoms with Gasteiger partial charge in [-0.25, -0.2) is 14.6 Å². The largest absolute Gasteiger partial charge is 0.465 e. The van der Waals surface area contributed by atoms with Crippen LogP contribution in [0.15, 0.2) is 85.2 Å². The van der Waals surface area contributed by atoms with E-state index in [2.05, 4.69) is 37.7 Å². The van der Waals surface area contributed by atoms with Gasteiger partial charge in [-0.1, -0.05) is 54.4 Å². The Morgan fingerprint density at radius 3 is 1.92 bits per heavy atom. The number of nitrogens with one attached hydrogen (secondary N) is 1. The van der Waals surface area contributed by atoms with E-state index in [1.807, 2.05) is 41.3 Å². The summed E-state index contributed by atoms with van der Waals surface area (Å²) in [6.07, 6.45) is 5.00. The molecule has 4 aromatic carbocycles. The number of rotatable bonds is 10. The molecular formula is C46H44Cl2N8O8. The Hall–Kier alpha value is -6.59. The average molecular weight is 908 g/mol. The van der Waals surface area contributed by atoms with E-state index < -0.39 is 16.9 Å². The molecule has 330 valence electrons. The fourth-order valence-corrected chi connectivity index (χ4v) is 8.48. The highest BCUT2D eigenvalue weighted by Crippen LogP contribution is 2.39. The van der Waals surface area contributed by atoms with Gasteiger partial charge in [-0.2, -0.15) is 0 Å². The summed E-state index contributed by atoms with van der Waals surface area (Å²) in [4.78, 5) is 54.5. The van der Waals surface area contributed by atoms with Gasteiger partial charge < -0.3 is 34.1 Å². The summed E-state index contributed by atoms with van der Waals surface area (Å²) in [5.74, 6) is -0.304. The van der Waals surface area contributed by atoms with E-state index in [1.165, 1.54) is 20.3 Å². The number of nitro groups is 1. The number of nitro benzene ring substituents is 1. The summed E-state index contributed by atoms with van der Waals surface area (Å²) in [6, 6.07) is 21.9. The first kappa shape index (κ1) is 44.0. The van der Waals surface area contributed by atoms with Crippen LogP contribution in [0.3, 0.4) is 0 Å². The van der Waals surface area contributed by atoms with E-state index in [4.69, 9.17) is 47.1 Å². The molecule has 0 aliphatic carbocycles. The third kappa shape index (κ3) is 8.82. The SMILES string of the molecule is CCCc1nc2c(C(=O)OC)cc(N3CCOCC3)cc2n1-c1ccnc2c(Cl)cccc12.COC(=O)c1cc(N2CCOCC2)cc(Nc2ccnc3c(Cl)cccc23)c1[N+](=O)[O-]. The summed E-state index contributed by atoms with van der Waals surface area (Å²) >= 11 is 12.7. The van der Waals surface area contributed by atoms with Crippen molar-refractivity contribution in [3.63, 3.8) is 0 Å². The minimum Gasteiger partial charge on any atom is -0.465 e. The predicted molar refractivity (Wildman–Crippen MR) is 247 cm³/mol. The van der Waals surface area contributed by atoms with Crippen molar-refractivity contribution in [3.05, 3.63) is 122 Å². The van der Waals surface area contributed by atoms with Crippen LogP contribution in [0.1, 0.15) is 39.9 Å². The Bertz CT molecular complexity index is 2900. The highest BCUT2D eigenvalue weighted by atomic mass is 35.5. The maximum Gasteiger partial charge on any atom is 0.345 e. The van der Waals surface area contributed by atoms with E-state index in [9.17, 15) is 19.7 Å². The minimum atomic E-state index is -0.785. The molecule has 0 atom stereocenters. The Morgan fingerprint density at radius 2 is 1.31 bits per heavy atom. The first-order valence-electron chi connectivity index (χ1n) is 20.7. The number of esters is 2. The van der Waals surface area contributed by atoms with Crippen LogP contribution in [-0.2, 0) is 25.4 Å². The lowest BCUT2D eigenvalue weighted by molar-refractivity contribution is -0.384. The number of hydrogen-bond acceptors (Lipinski definition) is 14. The molecule has 5 heterocycles. The second-order valence-electron chi connectivity index (χ2n) is 14.9. The molecule has 64 heavy (non-hydrogen) atoms. The smallest absolute Gasteiger partial charge is 0.345 e. The van der Waals surface area contributed by atoms with Crippen LogP contribution >= 0.6 is 23.2 Å². The number of methoxy groups -OCH3 is 2. The number of hydrogen-bond donors (Lipinski definition) is 1. The van der Waals surface area contributed by atoms with Crippen LogP contribution in [0.25, 0.3) is 38.5 Å². The Kier molecular flexibility index (Phi) is 13.4. The molecule has 9 rings (SSSR count). The molecule has 0 bridgehead atoms. The number of halogens is 2. The summed E-state index contributed by atoms with van der Waals surface area (Å²) in [6.45, 7) is 7.20. The van der Waals surface area contributed by atoms with E-state index in [0.717, 1.165) is 59.5 Å². The van der Waals surface area contributed by atoms with Crippen molar-refractivity contribution >= 4 is 96.4 Å². The van der Waals surface area contributed by atoms with Gasteiger partial charge in [0.15, 0.2) is 0 Å². The van der Waals surface area contributed by atoms with Gasteiger partial charge in [-0.15, -0.1) is 0 Å². The number of pyridine rings is 2. The molecule has 2 aliphatic rings. The number of imidazole rings is 1. The van der Waals surface area contributed by atoms with E-state index in [1.54, 1.807) is 36.7 Å². The molecule has 0 amide bonds. The van der Waals surface area contributed by atoms with Crippen LogP contribution in [-0.4, -0.2) is 103 Å². The number of carbonyl (C=O) groups is 2. The summed E-state index contributed by atoms with van der Waals surface area (Å²) < 4.78 is 23.0. The third-order valence-electron chi connectivity index (χ3n) is 11.1. The van der Waals surface area contributed by atoms with Gasteiger partial charge in [0.05, 0.1) is 83.4 Å². The van der Waals surface area contributed by atoms with Crippen molar-refractivity contribution in [1.29, 1.82) is 0 Å². The normalized spacial score (nSPS) is 14.0. The van der Waals surface area contributed by atoms with Crippen molar-refractivity contribution in [2.24, 2.45) is 0 Å². The number of benzene rings is 4. The first-order valence-corrected chi connectivity index (χ1v) is 21.4. The topological polar surface area (TPSA) is 176 Å².